The molecule has 0 saturated carbocycles. The number of rotatable bonds is 5. The van der Waals surface area contributed by atoms with Crippen molar-refractivity contribution < 1.29 is 27.4 Å². The minimum atomic E-state index is -1.06. The van der Waals surface area contributed by atoms with Crippen molar-refractivity contribution >= 4 is 28.5 Å². The van der Waals surface area contributed by atoms with E-state index in [-0.39, 0.29) is 23.3 Å². The number of anilines is 2. The number of halogens is 3. The number of amides is 1. The van der Waals surface area contributed by atoms with Gasteiger partial charge in [0, 0.05) is 18.3 Å². The molecular weight excluding hydrogens is 569 g/mol. The summed E-state index contributed by atoms with van der Waals surface area (Å²) in [6.45, 7) is -0.534. The molecule has 43 heavy (non-hydrogen) atoms. The number of aromatic nitrogens is 4. The van der Waals surface area contributed by atoms with Crippen LogP contribution >= 0.6 is 0 Å². The second-order valence-electron chi connectivity index (χ2n) is 9.74. The summed E-state index contributed by atoms with van der Waals surface area (Å²) in [5.74, 6) is -3.01. The van der Waals surface area contributed by atoms with Crippen molar-refractivity contribution in [3.05, 3.63) is 104 Å². The zero-order chi connectivity index (χ0) is 30.6. The number of nitrogens with one attached hydrogen (secondary N) is 1. The minimum absolute atomic E-state index is 0.0483. The molecule has 220 valence electrons. The first-order chi connectivity index (χ1) is 20.6. The molecule has 0 aliphatic carbocycles. The van der Waals surface area contributed by atoms with Crippen molar-refractivity contribution in [2.24, 2.45) is 0 Å². The molecule has 0 saturated heterocycles. The van der Waals surface area contributed by atoms with Gasteiger partial charge in [0.1, 0.15) is 17.0 Å². The average molecular weight is 593 g/mol. The fraction of sp³-hybridized carbons (Fsp3) is 0.172. The quantitative estimate of drug-likeness (QED) is 0.329. The highest BCUT2D eigenvalue weighted by Gasteiger charge is 2.30. The Kier molecular flexibility index (Phi) is 6.67. The summed E-state index contributed by atoms with van der Waals surface area (Å²) in [6, 6.07) is 12.1. The molecule has 0 bridgehead atoms. The third-order valence-electron chi connectivity index (χ3n) is 7.27. The number of hydrogen-bond acceptors (Lipinski definition) is 7. The maximum absolute atomic E-state index is 15.5. The van der Waals surface area contributed by atoms with Gasteiger partial charge in [-0.1, -0.05) is 12.1 Å². The normalized spacial score (nSPS) is 12.2. The molecule has 0 spiro atoms. The van der Waals surface area contributed by atoms with Crippen LogP contribution in [0.4, 0.5) is 29.3 Å². The van der Waals surface area contributed by atoms with Crippen molar-refractivity contribution in [2.45, 2.75) is 13.1 Å². The molecule has 14 heteroatoms. The van der Waals surface area contributed by atoms with Crippen LogP contribution in [-0.4, -0.2) is 46.3 Å². The number of methoxy groups -OCH3 is 2. The van der Waals surface area contributed by atoms with E-state index in [4.69, 9.17) is 4.74 Å². The molecule has 1 N–H and O–H groups in total. The average Bonchev–Trinajstić information content (AvgIpc) is 3.37. The third kappa shape index (κ3) is 4.38. The Morgan fingerprint density at radius 2 is 1.70 bits per heavy atom. The van der Waals surface area contributed by atoms with E-state index in [2.05, 4.69) is 15.2 Å². The van der Waals surface area contributed by atoms with Gasteiger partial charge >= 0.3 is 11.8 Å². The van der Waals surface area contributed by atoms with Crippen LogP contribution in [0, 0.1) is 17.5 Å². The van der Waals surface area contributed by atoms with Gasteiger partial charge in [-0.3, -0.25) is 14.7 Å². The van der Waals surface area contributed by atoms with E-state index in [1.165, 1.54) is 43.2 Å². The minimum Gasteiger partial charge on any atom is -0.494 e. The number of fused-ring (bicyclic) bond motifs is 5. The number of carbonyl (C=O) groups is 1. The van der Waals surface area contributed by atoms with Gasteiger partial charge in [-0.15, -0.1) is 5.10 Å². The molecule has 3 heterocycles. The molecule has 2 aromatic heterocycles. The van der Waals surface area contributed by atoms with E-state index >= 15 is 4.39 Å². The van der Waals surface area contributed by atoms with E-state index in [0.29, 0.717) is 27.3 Å². The maximum Gasteiger partial charge on any atom is 0.411 e. The molecule has 3 aromatic carbocycles. The summed E-state index contributed by atoms with van der Waals surface area (Å²) in [7, 11) is 4.22. The first-order valence-corrected chi connectivity index (χ1v) is 12.9. The highest BCUT2D eigenvalue weighted by molar-refractivity contribution is 5.87. The van der Waals surface area contributed by atoms with Gasteiger partial charge in [0.15, 0.2) is 17.2 Å². The summed E-state index contributed by atoms with van der Waals surface area (Å²) in [4.78, 5) is 41.5. The Labute approximate surface area is 240 Å². The molecule has 1 amide bonds. The first kappa shape index (κ1) is 27.6. The smallest absolute Gasteiger partial charge is 0.411 e. The first-order valence-electron chi connectivity index (χ1n) is 12.9. The number of hydrogen-bond donors (Lipinski definition) is 1. The SMILES string of the molecule is COC(=O)Nc1ccc2c(c1)N(C)Cc1c3c(=O)n(-c4cccc(OC)c4F)c(=O)n(Cc4c(F)cccc4F)c3nn1-2. The molecule has 0 atom stereocenters. The lowest BCUT2D eigenvalue weighted by molar-refractivity contribution is 0.187. The van der Waals surface area contributed by atoms with Crippen LogP contribution in [0.1, 0.15) is 11.3 Å². The molecule has 6 rings (SSSR count). The van der Waals surface area contributed by atoms with Crippen LogP contribution in [-0.2, 0) is 17.8 Å². The lowest BCUT2D eigenvalue weighted by atomic mass is 10.1. The molecular formula is C29H23F3N6O5. The molecule has 1 aliphatic rings. The fourth-order valence-electron chi connectivity index (χ4n) is 5.19. The van der Waals surface area contributed by atoms with Gasteiger partial charge in [-0.05, 0) is 42.5 Å². The zero-order valence-corrected chi connectivity index (χ0v) is 23.0. The molecule has 0 fully saturated rings. The van der Waals surface area contributed by atoms with Crippen molar-refractivity contribution in [3.8, 4) is 17.1 Å². The van der Waals surface area contributed by atoms with Crippen LogP contribution in [0.3, 0.4) is 0 Å². The molecule has 1 aliphatic heterocycles. The van der Waals surface area contributed by atoms with Gasteiger partial charge in [-0.2, -0.15) is 0 Å². The summed E-state index contributed by atoms with van der Waals surface area (Å²) in [5, 5.41) is 7.10. The Bertz CT molecular complexity index is 2050. The third-order valence-corrected chi connectivity index (χ3v) is 7.27. The van der Waals surface area contributed by atoms with Crippen LogP contribution in [0.5, 0.6) is 5.75 Å². The second kappa shape index (κ2) is 10.4. The van der Waals surface area contributed by atoms with Gasteiger partial charge < -0.3 is 14.4 Å². The Morgan fingerprint density at radius 1 is 0.977 bits per heavy atom. The summed E-state index contributed by atoms with van der Waals surface area (Å²) >= 11 is 0. The van der Waals surface area contributed by atoms with Crippen molar-refractivity contribution in [3.63, 3.8) is 0 Å². The van der Waals surface area contributed by atoms with Crippen molar-refractivity contribution in [1.82, 2.24) is 18.9 Å². The van der Waals surface area contributed by atoms with Crippen LogP contribution in [0.25, 0.3) is 22.4 Å². The fourth-order valence-corrected chi connectivity index (χ4v) is 5.19. The highest BCUT2D eigenvalue weighted by Crippen LogP contribution is 2.35. The summed E-state index contributed by atoms with van der Waals surface area (Å²) in [5.41, 5.74) is -1.04. The van der Waals surface area contributed by atoms with Gasteiger partial charge in [0.2, 0.25) is 0 Å². The molecule has 5 aromatic rings. The summed E-state index contributed by atoms with van der Waals surface area (Å²) in [6.07, 6.45) is -0.668. The number of ether oxygens (including phenoxy) is 2. The topological polar surface area (TPSA) is 113 Å². The van der Waals surface area contributed by atoms with E-state index in [0.717, 1.165) is 16.7 Å². The Hall–Kier alpha value is -5.53. The van der Waals surface area contributed by atoms with Crippen molar-refractivity contribution in [1.29, 1.82) is 0 Å². The predicted octanol–water partition coefficient (Wildman–Crippen LogP) is 3.94. The standard InChI is InChI=1S/C29H23F3N6O5/c1-35-14-22-24-26(34-38(22)19-11-10-15(12-21(19)35)33-28(40)43-3)36(13-16-17(30)6-4-7-18(16)31)29(41)37(27(24)39)20-8-5-9-23(42-2)25(20)32/h4-12H,13-14H2,1-3H3,(H,33,40). The van der Waals surface area contributed by atoms with Crippen LogP contribution in [0.15, 0.2) is 64.2 Å². The maximum atomic E-state index is 15.5. The summed E-state index contributed by atoms with van der Waals surface area (Å²) < 4.78 is 57.7. The molecule has 0 radical (unpaired) electrons. The van der Waals surface area contributed by atoms with E-state index in [1.54, 1.807) is 30.1 Å². The lowest BCUT2D eigenvalue weighted by Crippen LogP contribution is -2.40. The van der Waals surface area contributed by atoms with Gasteiger partial charge in [0.05, 0.1) is 50.1 Å². The Morgan fingerprint density at radius 3 is 2.40 bits per heavy atom. The zero-order valence-electron chi connectivity index (χ0n) is 23.0. The monoisotopic (exact) mass is 592 g/mol. The Balaban J connectivity index is 1.66. The number of benzene rings is 3. The number of carbonyl (C=O) groups excluding carboxylic acids is 1. The molecule has 11 nitrogen and oxygen atoms in total. The van der Waals surface area contributed by atoms with E-state index < -0.39 is 52.6 Å². The van der Waals surface area contributed by atoms with Crippen molar-refractivity contribution in [2.75, 3.05) is 31.5 Å². The second-order valence-corrected chi connectivity index (χ2v) is 9.74. The van der Waals surface area contributed by atoms with E-state index in [1.807, 2.05) is 0 Å². The largest absolute Gasteiger partial charge is 0.494 e. The van der Waals surface area contributed by atoms with Crippen LogP contribution < -0.4 is 26.2 Å². The number of nitrogens with zero attached hydrogens (tertiary/aromatic N) is 5. The van der Waals surface area contributed by atoms with Gasteiger partial charge in [0.25, 0.3) is 5.56 Å². The van der Waals surface area contributed by atoms with Gasteiger partial charge in [-0.25, -0.2) is 32.0 Å². The van der Waals surface area contributed by atoms with E-state index in [9.17, 15) is 23.2 Å². The predicted molar refractivity (Wildman–Crippen MR) is 151 cm³/mol. The lowest BCUT2D eigenvalue weighted by Gasteiger charge is -2.28. The van der Waals surface area contributed by atoms with Crippen LogP contribution in [0.2, 0.25) is 0 Å². The highest BCUT2D eigenvalue weighted by atomic mass is 19.1. The molecule has 0 unspecified atom stereocenters.